The number of unbranched alkanes of at least 4 members (excludes halogenated alkanes) is 40. The second-order valence-electron chi connectivity index (χ2n) is 21.0. The summed E-state index contributed by atoms with van der Waals surface area (Å²) in [6.45, 7) is 4.92. The summed E-state index contributed by atoms with van der Waals surface area (Å²) in [6.07, 6.45) is 72.8. The van der Waals surface area contributed by atoms with Crippen LogP contribution in [0.15, 0.2) is 36.5 Å². The molecule has 0 spiro atoms. The third-order valence-electron chi connectivity index (χ3n) is 14.2. The van der Waals surface area contributed by atoms with Crippen LogP contribution in [0.3, 0.4) is 0 Å². The molecule has 6 heteroatoms. The van der Waals surface area contributed by atoms with E-state index in [0.717, 1.165) is 64.2 Å². The highest BCUT2D eigenvalue weighted by atomic mass is 16.5. The molecule has 69 heavy (non-hydrogen) atoms. The fourth-order valence-corrected chi connectivity index (χ4v) is 9.43. The lowest BCUT2D eigenvalue weighted by atomic mass is 10.0. The van der Waals surface area contributed by atoms with E-state index in [2.05, 4.69) is 55.6 Å². The van der Waals surface area contributed by atoms with Gasteiger partial charge in [-0.3, -0.25) is 9.59 Å². The molecule has 0 aromatic carbocycles. The molecule has 0 aromatic rings. The van der Waals surface area contributed by atoms with Gasteiger partial charge in [0, 0.05) is 12.8 Å². The van der Waals surface area contributed by atoms with Gasteiger partial charge in [0.15, 0.2) is 0 Å². The Morgan fingerprint density at radius 3 is 1.14 bits per heavy atom. The van der Waals surface area contributed by atoms with Crippen LogP contribution >= 0.6 is 0 Å². The molecular weight excluding hydrogens is 851 g/mol. The first-order chi connectivity index (χ1) is 34.0. The van der Waals surface area contributed by atoms with Crippen LogP contribution in [-0.2, 0) is 14.3 Å². The van der Waals surface area contributed by atoms with Crippen LogP contribution in [0.2, 0.25) is 0 Å². The van der Waals surface area contributed by atoms with Gasteiger partial charge in [0.2, 0.25) is 5.91 Å². The molecule has 0 aromatic heterocycles. The summed E-state index contributed by atoms with van der Waals surface area (Å²) in [7, 11) is 0. The standard InChI is InChI=1S/C63H119NO5/c1-3-5-7-9-11-13-15-17-19-20-21-25-29-33-37-41-45-49-53-57-63(68)69-58-54-50-46-42-38-34-30-26-23-22-24-28-32-36-40-44-48-52-56-62(67)64-60(59-65)61(66)55-51-47-43-39-35-31-27-18-16-14-12-10-8-6-4-2/h11,13,17,19,24,28,60-61,65-66H,3-10,12,14-16,18,20-23,25-27,29-59H2,1-2H3,(H,64,67)/b13-11-,19-17-,28-24-. The molecule has 0 aliphatic rings. The van der Waals surface area contributed by atoms with Gasteiger partial charge >= 0.3 is 5.97 Å². The van der Waals surface area contributed by atoms with Crippen LogP contribution in [-0.4, -0.2) is 47.4 Å². The van der Waals surface area contributed by atoms with E-state index in [1.807, 2.05) is 0 Å². The third kappa shape index (κ3) is 55.2. The molecule has 0 radical (unpaired) electrons. The minimum absolute atomic E-state index is 0.000635. The minimum Gasteiger partial charge on any atom is -0.466 e. The zero-order valence-corrected chi connectivity index (χ0v) is 46.3. The van der Waals surface area contributed by atoms with Crippen LogP contribution in [0.1, 0.15) is 328 Å². The Hall–Kier alpha value is -1.92. The molecule has 2 atom stereocenters. The fraction of sp³-hybridized carbons (Fsp3) is 0.873. The first-order valence-corrected chi connectivity index (χ1v) is 30.7. The lowest BCUT2D eigenvalue weighted by Crippen LogP contribution is -2.45. The number of hydrogen-bond donors (Lipinski definition) is 3. The monoisotopic (exact) mass is 970 g/mol. The maximum atomic E-state index is 12.5. The van der Waals surface area contributed by atoms with Gasteiger partial charge in [0.1, 0.15) is 0 Å². The summed E-state index contributed by atoms with van der Waals surface area (Å²) in [6, 6.07) is -0.552. The van der Waals surface area contributed by atoms with E-state index >= 15 is 0 Å². The smallest absolute Gasteiger partial charge is 0.305 e. The Labute approximate surface area is 430 Å². The molecule has 0 aliphatic heterocycles. The Balaban J connectivity index is 3.43. The van der Waals surface area contributed by atoms with Crippen molar-refractivity contribution in [3.63, 3.8) is 0 Å². The van der Waals surface area contributed by atoms with E-state index in [0.29, 0.717) is 25.9 Å². The first kappa shape index (κ1) is 67.1. The van der Waals surface area contributed by atoms with Crippen LogP contribution in [0.5, 0.6) is 0 Å². The Morgan fingerprint density at radius 1 is 0.406 bits per heavy atom. The maximum absolute atomic E-state index is 12.5. The van der Waals surface area contributed by atoms with E-state index in [1.54, 1.807) is 0 Å². The zero-order valence-electron chi connectivity index (χ0n) is 46.3. The Morgan fingerprint density at radius 2 is 0.725 bits per heavy atom. The van der Waals surface area contributed by atoms with Gasteiger partial charge in [-0.25, -0.2) is 0 Å². The normalized spacial score (nSPS) is 12.8. The largest absolute Gasteiger partial charge is 0.466 e. The number of allylic oxidation sites excluding steroid dienone is 6. The zero-order chi connectivity index (χ0) is 50.0. The molecule has 0 saturated carbocycles. The first-order valence-electron chi connectivity index (χ1n) is 30.7. The highest BCUT2D eigenvalue weighted by molar-refractivity contribution is 5.76. The predicted octanol–water partition coefficient (Wildman–Crippen LogP) is 19.2. The number of carbonyl (C=O) groups is 2. The van der Waals surface area contributed by atoms with Crippen LogP contribution < -0.4 is 5.32 Å². The molecule has 0 aliphatic carbocycles. The van der Waals surface area contributed by atoms with Crippen LogP contribution in [0, 0.1) is 0 Å². The van der Waals surface area contributed by atoms with Crippen molar-refractivity contribution in [3.05, 3.63) is 36.5 Å². The average Bonchev–Trinajstić information content (AvgIpc) is 3.35. The molecule has 1 amide bonds. The van der Waals surface area contributed by atoms with Gasteiger partial charge < -0.3 is 20.3 Å². The van der Waals surface area contributed by atoms with E-state index in [9.17, 15) is 19.8 Å². The number of rotatable bonds is 57. The summed E-state index contributed by atoms with van der Waals surface area (Å²) in [5, 5.41) is 23.3. The lowest BCUT2D eigenvalue weighted by Gasteiger charge is -2.22. The quantitative estimate of drug-likeness (QED) is 0.0321. The van der Waals surface area contributed by atoms with Gasteiger partial charge in [-0.2, -0.15) is 0 Å². The molecular formula is C63H119NO5. The van der Waals surface area contributed by atoms with Gasteiger partial charge in [-0.15, -0.1) is 0 Å². The number of amides is 1. The van der Waals surface area contributed by atoms with Crippen molar-refractivity contribution >= 4 is 11.9 Å². The fourth-order valence-electron chi connectivity index (χ4n) is 9.43. The van der Waals surface area contributed by atoms with Crippen molar-refractivity contribution in [1.29, 1.82) is 0 Å². The number of ether oxygens (including phenoxy) is 1. The number of aliphatic hydroxyl groups excluding tert-OH is 2. The molecule has 2 unspecified atom stereocenters. The summed E-state index contributed by atoms with van der Waals surface area (Å²) in [5.41, 5.74) is 0. The van der Waals surface area contributed by atoms with Gasteiger partial charge in [0.25, 0.3) is 0 Å². The van der Waals surface area contributed by atoms with Gasteiger partial charge in [-0.1, -0.05) is 269 Å². The van der Waals surface area contributed by atoms with E-state index in [1.165, 1.54) is 231 Å². The molecule has 0 saturated heterocycles. The molecule has 0 rings (SSSR count). The average molecular weight is 971 g/mol. The van der Waals surface area contributed by atoms with Crippen molar-refractivity contribution in [2.24, 2.45) is 0 Å². The molecule has 0 bridgehead atoms. The third-order valence-corrected chi connectivity index (χ3v) is 14.2. The van der Waals surface area contributed by atoms with Crippen molar-refractivity contribution in [1.82, 2.24) is 5.32 Å². The molecule has 0 fully saturated rings. The van der Waals surface area contributed by atoms with Crippen molar-refractivity contribution in [2.75, 3.05) is 13.2 Å². The summed E-state index contributed by atoms with van der Waals surface area (Å²) >= 11 is 0. The lowest BCUT2D eigenvalue weighted by molar-refractivity contribution is -0.143. The van der Waals surface area contributed by atoms with Crippen LogP contribution in [0.4, 0.5) is 0 Å². The molecule has 406 valence electrons. The highest BCUT2D eigenvalue weighted by Gasteiger charge is 2.20. The van der Waals surface area contributed by atoms with Gasteiger partial charge in [0.05, 0.1) is 25.4 Å². The molecule has 0 heterocycles. The van der Waals surface area contributed by atoms with E-state index in [4.69, 9.17) is 4.74 Å². The van der Waals surface area contributed by atoms with Crippen molar-refractivity contribution in [3.8, 4) is 0 Å². The SMILES string of the molecule is CCCCC/C=C\C/C=C\CCCCCCCCCCCC(=O)OCCCCCCCCCCC/C=C\CCCCCCCC(=O)NC(CO)C(O)CCCCCCCCCCCCCCCCC. The second-order valence-corrected chi connectivity index (χ2v) is 21.0. The minimum atomic E-state index is -0.673. The Kier molecular flexibility index (Phi) is 57.0. The highest BCUT2D eigenvalue weighted by Crippen LogP contribution is 2.17. The number of esters is 1. The second kappa shape index (κ2) is 58.6. The van der Waals surface area contributed by atoms with Gasteiger partial charge in [-0.05, 0) is 83.5 Å². The summed E-state index contributed by atoms with van der Waals surface area (Å²) in [4.78, 5) is 24.6. The summed E-state index contributed by atoms with van der Waals surface area (Å²) < 4.78 is 5.49. The number of aliphatic hydroxyl groups is 2. The maximum Gasteiger partial charge on any atom is 0.305 e. The van der Waals surface area contributed by atoms with E-state index in [-0.39, 0.29) is 18.5 Å². The number of hydrogen-bond acceptors (Lipinski definition) is 5. The summed E-state index contributed by atoms with van der Waals surface area (Å²) in [5.74, 6) is -0.0489. The molecule has 6 nitrogen and oxygen atoms in total. The number of nitrogens with one attached hydrogen (secondary N) is 1. The predicted molar refractivity (Wildman–Crippen MR) is 301 cm³/mol. The number of carbonyl (C=O) groups excluding carboxylic acids is 2. The molecule has 3 N–H and O–H groups in total. The van der Waals surface area contributed by atoms with E-state index < -0.39 is 12.1 Å². The topological polar surface area (TPSA) is 95.9 Å². The van der Waals surface area contributed by atoms with Crippen molar-refractivity contribution < 1.29 is 24.5 Å². The van der Waals surface area contributed by atoms with Crippen molar-refractivity contribution in [2.45, 2.75) is 341 Å². The Bertz CT molecular complexity index is 1120. The van der Waals surface area contributed by atoms with Crippen LogP contribution in [0.25, 0.3) is 0 Å².